The first-order valence-corrected chi connectivity index (χ1v) is 13.7. The number of fused-ring (bicyclic) bond motifs is 5. The van der Waals surface area contributed by atoms with E-state index in [1.807, 2.05) is 0 Å². The van der Waals surface area contributed by atoms with Crippen molar-refractivity contribution in [2.24, 2.45) is 5.92 Å². The van der Waals surface area contributed by atoms with Crippen molar-refractivity contribution in [2.75, 3.05) is 26.4 Å². The van der Waals surface area contributed by atoms with Gasteiger partial charge in [-0.05, 0) is 84.8 Å². The zero-order chi connectivity index (χ0) is 24.3. The summed E-state index contributed by atoms with van der Waals surface area (Å²) >= 11 is 0. The van der Waals surface area contributed by atoms with Crippen LogP contribution in [0.1, 0.15) is 87.5 Å². The van der Waals surface area contributed by atoms with Crippen molar-refractivity contribution in [1.29, 1.82) is 0 Å². The van der Waals surface area contributed by atoms with Crippen molar-refractivity contribution >= 4 is 23.3 Å². The number of unbranched alkanes of at least 4 members (excludes halogenated alkanes) is 1. The summed E-state index contributed by atoms with van der Waals surface area (Å²) in [5.41, 5.74) is 9.99. The summed E-state index contributed by atoms with van der Waals surface area (Å²) in [5.74, 6) is 0.504. The lowest BCUT2D eigenvalue weighted by Gasteiger charge is -2.30. The molecule has 3 aliphatic rings. The highest BCUT2D eigenvalue weighted by Crippen LogP contribution is 2.44. The van der Waals surface area contributed by atoms with Gasteiger partial charge < -0.3 is 9.47 Å². The van der Waals surface area contributed by atoms with Crippen LogP contribution in [0.3, 0.4) is 0 Å². The van der Waals surface area contributed by atoms with Crippen LogP contribution in [0.15, 0.2) is 60.2 Å². The zero-order valence-corrected chi connectivity index (χ0v) is 21.7. The quantitative estimate of drug-likeness (QED) is 0.268. The van der Waals surface area contributed by atoms with Crippen molar-refractivity contribution < 1.29 is 9.47 Å². The number of hydrogen-bond acceptors (Lipinski definition) is 2. The molecule has 0 heterocycles. The van der Waals surface area contributed by atoms with Gasteiger partial charge >= 0.3 is 0 Å². The Labute approximate surface area is 212 Å². The molecule has 0 N–H and O–H groups in total. The van der Waals surface area contributed by atoms with Crippen LogP contribution in [0.25, 0.3) is 23.3 Å². The molecule has 2 nitrogen and oxygen atoms in total. The molecule has 1 unspecified atom stereocenters. The number of benzene rings is 1. The Bertz CT molecular complexity index is 1030. The average molecular weight is 471 g/mol. The third kappa shape index (κ3) is 6.84. The number of ether oxygens (including phenoxy) is 2. The van der Waals surface area contributed by atoms with E-state index < -0.39 is 0 Å². The van der Waals surface area contributed by atoms with Crippen molar-refractivity contribution in [1.82, 2.24) is 0 Å². The van der Waals surface area contributed by atoms with Gasteiger partial charge in [0.2, 0.25) is 0 Å². The molecule has 0 amide bonds. The minimum atomic E-state index is 0.504. The van der Waals surface area contributed by atoms with E-state index in [4.69, 9.17) is 9.47 Å². The van der Waals surface area contributed by atoms with E-state index in [1.54, 1.807) is 5.57 Å². The lowest BCUT2D eigenvalue weighted by Crippen LogP contribution is -2.12. The Hall–Kier alpha value is -2.42. The summed E-state index contributed by atoms with van der Waals surface area (Å²) in [4.78, 5) is 0. The standard InChI is InChI=1S/C33H42O2/c1-3-21-34-23-8-6-5-7-12-27-13-9-14-31-29(27)19-20-32-30-17-15-26(11-10-24-35-22-4-2)25-28(30)16-18-33(31)32/h5,7,9,12,14-20,28H,3-4,6,8,10-11,13,21-25H2,1-2H3/b7-5+,27-12+. The van der Waals surface area contributed by atoms with E-state index in [1.165, 1.54) is 33.4 Å². The SMILES string of the molecule is CCCOCCC/C=C/C=C1\CC=Cc2c1ccc1c2C=CC2CC(CCCOCCC)=CC=C12. The van der Waals surface area contributed by atoms with Gasteiger partial charge in [0, 0.05) is 32.3 Å². The van der Waals surface area contributed by atoms with Crippen LogP contribution in [-0.4, -0.2) is 26.4 Å². The third-order valence-electron chi connectivity index (χ3n) is 7.02. The highest BCUT2D eigenvalue weighted by molar-refractivity contribution is 5.91. The maximum Gasteiger partial charge on any atom is 0.0469 e. The van der Waals surface area contributed by atoms with Crippen molar-refractivity contribution in [3.63, 3.8) is 0 Å². The Balaban J connectivity index is 1.43. The van der Waals surface area contributed by atoms with E-state index in [-0.39, 0.29) is 0 Å². The second kappa shape index (κ2) is 13.6. The van der Waals surface area contributed by atoms with E-state index >= 15 is 0 Å². The zero-order valence-electron chi connectivity index (χ0n) is 21.7. The monoisotopic (exact) mass is 470 g/mol. The summed E-state index contributed by atoms with van der Waals surface area (Å²) in [6.45, 7) is 7.81. The highest BCUT2D eigenvalue weighted by atomic mass is 16.5. The number of allylic oxidation sites excluding steroid dienone is 10. The van der Waals surface area contributed by atoms with Gasteiger partial charge in [0.1, 0.15) is 0 Å². The third-order valence-corrected chi connectivity index (χ3v) is 7.02. The minimum absolute atomic E-state index is 0.504. The van der Waals surface area contributed by atoms with Crippen LogP contribution in [0.5, 0.6) is 0 Å². The minimum Gasteiger partial charge on any atom is -0.381 e. The second-order valence-electron chi connectivity index (χ2n) is 9.80. The predicted octanol–water partition coefficient (Wildman–Crippen LogP) is 8.81. The lowest BCUT2D eigenvalue weighted by molar-refractivity contribution is 0.132. The van der Waals surface area contributed by atoms with E-state index in [0.29, 0.717) is 5.92 Å². The van der Waals surface area contributed by atoms with Crippen LogP contribution < -0.4 is 0 Å². The molecule has 0 bridgehead atoms. The fraction of sp³-hybridized carbons (Fsp3) is 0.455. The molecule has 0 aliphatic heterocycles. The molecule has 0 saturated heterocycles. The van der Waals surface area contributed by atoms with E-state index in [2.05, 4.69) is 80.7 Å². The molecule has 0 radical (unpaired) electrons. The van der Waals surface area contributed by atoms with Gasteiger partial charge in [-0.1, -0.05) is 86.2 Å². The smallest absolute Gasteiger partial charge is 0.0469 e. The normalized spacial score (nSPS) is 19.5. The fourth-order valence-electron chi connectivity index (χ4n) is 5.23. The van der Waals surface area contributed by atoms with E-state index in [9.17, 15) is 0 Å². The molecule has 1 aromatic carbocycles. The van der Waals surface area contributed by atoms with Crippen LogP contribution in [0, 0.1) is 5.92 Å². The largest absolute Gasteiger partial charge is 0.381 e. The molecular formula is C33H42O2. The van der Waals surface area contributed by atoms with Gasteiger partial charge in [-0.2, -0.15) is 0 Å². The predicted molar refractivity (Wildman–Crippen MR) is 151 cm³/mol. The summed E-state index contributed by atoms with van der Waals surface area (Å²) in [6.07, 6.45) is 29.8. The second-order valence-corrected chi connectivity index (χ2v) is 9.80. The summed E-state index contributed by atoms with van der Waals surface area (Å²) in [6, 6.07) is 4.70. The van der Waals surface area contributed by atoms with Gasteiger partial charge in [-0.3, -0.25) is 0 Å². The molecule has 1 atom stereocenters. The Morgan fingerprint density at radius 2 is 1.66 bits per heavy atom. The molecule has 4 rings (SSSR count). The van der Waals surface area contributed by atoms with Crippen molar-refractivity contribution in [2.45, 2.75) is 65.2 Å². The highest BCUT2D eigenvalue weighted by Gasteiger charge is 2.26. The molecule has 3 aliphatic carbocycles. The van der Waals surface area contributed by atoms with Gasteiger partial charge in [0.05, 0.1) is 0 Å². The van der Waals surface area contributed by atoms with Crippen molar-refractivity contribution in [3.05, 3.63) is 82.5 Å². The van der Waals surface area contributed by atoms with Crippen LogP contribution in [-0.2, 0) is 9.47 Å². The average Bonchev–Trinajstić information content (AvgIpc) is 2.89. The topological polar surface area (TPSA) is 18.5 Å². The molecule has 186 valence electrons. The first kappa shape index (κ1) is 25.7. The Kier molecular flexibility index (Phi) is 9.98. The lowest BCUT2D eigenvalue weighted by atomic mass is 9.75. The molecule has 0 spiro atoms. The van der Waals surface area contributed by atoms with Gasteiger partial charge in [-0.15, -0.1) is 0 Å². The Morgan fingerprint density at radius 3 is 2.49 bits per heavy atom. The maximum atomic E-state index is 5.67. The first-order chi connectivity index (χ1) is 17.3. The van der Waals surface area contributed by atoms with Crippen LogP contribution in [0.2, 0.25) is 0 Å². The summed E-state index contributed by atoms with van der Waals surface area (Å²) < 4.78 is 11.2. The Morgan fingerprint density at radius 1 is 0.886 bits per heavy atom. The first-order valence-electron chi connectivity index (χ1n) is 13.7. The summed E-state index contributed by atoms with van der Waals surface area (Å²) in [7, 11) is 0. The molecule has 0 aromatic heterocycles. The fourth-order valence-corrected chi connectivity index (χ4v) is 5.23. The summed E-state index contributed by atoms with van der Waals surface area (Å²) in [5, 5.41) is 0. The molecule has 2 heteroatoms. The molecule has 0 fully saturated rings. The van der Waals surface area contributed by atoms with Gasteiger partial charge in [0.25, 0.3) is 0 Å². The van der Waals surface area contributed by atoms with Gasteiger partial charge in [-0.25, -0.2) is 0 Å². The van der Waals surface area contributed by atoms with E-state index in [0.717, 1.165) is 77.8 Å². The molecule has 0 saturated carbocycles. The maximum absolute atomic E-state index is 5.67. The number of hydrogen-bond donors (Lipinski definition) is 0. The molecular weight excluding hydrogens is 428 g/mol. The van der Waals surface area contributed by atoms with Gasteiger partial charge in [0.15, 0.2) is 0 Å². The molecule has 1 aromatic rings. The number of rotatable bonds is 13. The van der Waals surface area contributed by atoms with Crippen molar-refractivity contribution in [3.8, 4) is 0 Å². The van der Waals surface area contributed by atoms with Crippen LogP contribution in [0.4, 0.5) is 0 Å². The van der Waals surface area contributed by atoms with Crippen LogP contribution >= 0.6 is 0 Å². The molecule has 35 heavy (non-hydrogen) atoms.